The fraction of sp³-hybridized carbons (Fsp3) is 0.833. The van der Waals surface area contributed by atoms with Gasteiger partial charge in [0.2, 0.25) is 5.91 Å². The monoisotopic (exact) mass is 255 g/mol. The van der Waals surface area contributed by atoms with E-state index in [2.05, 4.69) is 11.9 Å². The summed E-state index contributed by atoms with van der Waals surface area (Å²) >= 11 is 0. The van der Waals surface area contributed by atoms with Gasteiger partial charge in [-0.3, -0.25) is 9.79 Å². The standard InChI is InChI=1S/C12H25N5O/c1-9-4-7-17(8-5-9)11(18)10(13)3-2-6-16-12(14)15/h9-10H,2-8,13H2,1H3,(H4,14,15,16)/t10-/m0/s1. The van der Waals surface area contributed by atoms with E-state index in [-0.39, 0.29) is 11.9 Å². The van der Waals surface area contributed by atoms with Gasteiger partial charge in [0.05, 0.1) is 6.04 Å². The maximum Gasteiger partial charge on any atom is 0.239 e. The summed E-state index contributed by atoms with van der Waals surface area (Å²) < 4.78 is 0. The van der Waals surface area contributed by atoms with E-state index in [4.69, 9.17) is 17.2 Å². The number of nitrogens with zero attached hydrogens (tertiary/aromatic N) is 2. The Kier molecular flexibility index (Phi) is 5.91. The first-order valence-corrected chi connectivity index (χ1v) is 6.60. The van der Waals surface area contributed by atoms with Crippen molar-refractivity contribution in [3.05, 3.63) is 0 Å². The quantitative estimate of drug-likeness (QED) is 0.353. The molecule has 0 aromatic heterocycles. The fourth-order valence-electron chi connectivity index (χ4n) is 2.11. The van der Waals surface area contributed by atoms with Gasteiger partial charge in [-0.2, -0.15) is 0 Å². The Bertz CT molecular complexity index is 293. The van der Waals surface area contributed by atoms with Crippen molar-refractivity contribution in [3.8, 4) is 0 Å². The number of guanidine groups is 1. The summed E-state index contributed by atoms with van der Waals surface area (Å²) in [6, 6.07) is -0.424. The normalized spacial score (nSPS) is 18.4. The van der Waals surface area contributed by atoms with Crippen molar-refractivity contribution in [2.45, 2.75) is 38.6 Å². The summed E-state index contributed by atoms with van der Waals surface area (Å²) in [5.74, 6) is 0.860. The summed E-state index contributed by atoms with van der Waals surface area (Å²) in [6.45, 7) is 4.42. The molecule has 1 aliphatic rings. The minimum atomic E-state index is -0.424. The third-order valence-electron chi connectivity index (χ3n) is 3.38. The molecule has 1 heterocycles. The second-order valence-corrected chi connectivity index (χ2v) is 5.06. The highest BCUT2D eigenvalue weighted by atomic mass is 16.2. The van der Waals surface area contributed by atoms with Crippen LogP contribution >= 0.6 is 0 Å². The maximum absolute atomic E-state index is 12.0. The van der Waals surface area contributed by atoms with Crippen LogP contribution in [0, 0.1) is 5.92 Å². The Morgan fingerprint density at radius 2 is 2.00 bits per heavy atom. The first kappa shape index (κ1) is 14.8. The van der Waals surface area contributed by atoms with Gasteiger partial charge < -0.3 is 22.1 Å². The minimum Gasteiger partial charge on any atom is -0.370 e. The van der Waals surface area contributed by atoms with Crippen molar-refractivity contribution in [1.29, 1.82) is 0 Å². The van der Waals surface area contributed by atoms with E-state index in [1.807, 2.05) is 4.90 Å². The van der Waals surface area contributed by atoms with E-state index in [1.54, 1.807) is 0 Å². The smallest absolute Gasteiger partial charge is 0.239 e. The minimum absolute atomic E-state index is 0.0617. The molecule has 1 rings (SSSR count). The molecular formula is C12H25N5O. The molecule has 6 nitrogen and oxygen atoms in total. The lowest BCUT2D eigenvalue weighted by Crippen LogP contribution is -2.47. The number of hydrogen-bond donors (Lipinski definition) is 3. The Balaban J connectivity index is 2.26. The molecule has 0 bridgehead atoms. The molecule has 6 heteroatoms. The molecule has 1 aliphatic heterocycles. The van der Waals surface area contributed by atoms with Crippen LogP contribution in [0.2, 0.25) is 0 Å². The van der Waals surface area contributed by atoms with Crippen LogP contribution in [0.4, 0.5) is 0 Å². The molecule has 0 aromatic rings. The van der Waals surface area contributed by atoms with Gasteiger partial charge in [-0.1, -0.05) is 6.92 Å². The number of likely N-dealkylation sites (tertiary alicyclic amines) is 1. The number of nitrogens with two attached hydrogens (primary N) is 3. The summed E-state index contributed by atoms with van der Waals surface area (Å²) in [4.78, 5) is 17.8. The first-order valence-electron chi connectivity index (χ1n) is 6.60. The van der Waals surface area contributed by atoms with Crippen molar-refractivity contribution in [2.24, 2.45) is 28.1 Å². The SMILES string of the molecule is CC1CCN(C(=O)[C@@H](N)CCCN=C(N)N)CC1. The van der Waals surface area contributed by atoms with Gasteiger partial charge in [-0.05, 0) is 31.6 Å². The van der Waals surface area contributed by atoms with Crippen LogP contribution in [-0.2, 0) is 4.79 Å². The first-order chi connectivity index (χ1) is 8.50. The van der Waals surface area contributed by atoms with E-state index in [0.29, 0.717) is 18.9 Å². The van der Waals surface area contributed by atoms with E-state index in [1.165, 1.54) is 0 Å². The van der Waals surface area contributed by atoms with Gasteiger partial charge in [0.25, 0.3) is 0 Å². The number of hydrogen-bond acceptors (Lipinski definition) is 3. The Labute approximate surface area is 109 Å². The molecular weight excluding hydrogens is 230 g/mol. The molecule has 0 radical (unpaired) electrons. The van der Waals surface area contributed by atoms with Crippen molar-refractivity contribution >= 4 is 11.9 Å². The number of aliphatic imine (C=N–C) groups is 1. The average Bonchev–Trinajstić information content (AvgIpc) is 2.34. The van der Waals surface area contributed by atoms with Gasteiger partial charge in [0, 0.05) is 19.6 Å². The van der Waals surface area contributed by atoms with Crippen LogP contribution in [-0.4, -0.2) is 42.4 Å². The van der Waals surface area contributed by atoms with E-state index in [0.717, 1.165) is 32.4 Å². The Hall–Kier alpha value is -1.30. The van der Waals surface area contributed by atoms with Crippen molar-refractivity contribution in [2.75, 3.05) is 19.6 Å². The number of amides is 1. The number of carbonyl (C=O) groups is 1. The molecule has 0 aliphatic carbocycles. The lowest BCUT2D eigenvalue weighted by Gasteiger charge is -2.32. The topological polar surface area (TPSA) is 111 Å². The molecule has 6 N–H and O–H groups in total. The van der Waals surface area contributed by atoms with E-state index >= 15 is 0 Å². The van der Waals surface area contributed by atoms with Gasteiger partial charge >= 0.3 is 0 Å². The molecule has 1 fully saturated rings. The molecule has 1 atom stereocenters. The number of rotatable bonds is 5. The second kappa shape index (κ2) is 7.20. The van der Waals surface area contributed by atoms with Crippen LogP contribution < -0.4 is 17.2 Å². The third kappa shape index (κ3) is 4.91. The summed E-state index contributed by atoms with van der Waals surface area (Å²) in [7, 11) is 0. The van der Waals surface area contributed by atoms with Crippen LogP contribution in [0.5, 0.6) is 0 Å². The molecule has 0 aromatic carbocycles. The average molecular weight is 255 g/mol. The molecule has 104 valence electrons. The van der Waals surface area contributed by atoms with Crippen LogP contribution in [0.1, 0.15) is 32.6 Å². The Morgan fingerprint density at radius 3 is 2.56 bits per heavy atom. The highest BCUT2D eigenvalue weighted by molar-refractivity contribution is 5.81. The summed E-state index contributed by atoms with van der Waals surface area (Å²) in [5.41, 5.74) is 16.3. The molecule has 1 amide bonds. The van der Waals surface area contributed by atoms with Crippen molar-refractivity contribution in [3.63, 3.8) is 0 Å². The van der Waals surface area contributed by atoms with Gasteiger partial charge in [0.15, 0.2) is 5.96 Å². The Morgan fingerprint density at radius 1 is 1.39 bits per heavy atom. The van der Waals surface area contributed by atoms with Crippen molar-refractivity contribution in [1.82, 2.24) is 4.90 Å². The predicted molar refractivity (Wildman–Crippen MR) is 72.9 cm³/mol. The number of carbonyl (C=O) groups excluding carboxylic acids is 1. The predicted octanol–water partition coefficient (Wildman–Crippen LogP) is -0.374. The molecule has 0 spiro atoms. The number of piperidine rings is 1. The lowest BCUT2D eigenvalue weighted by molar-refractivity contribution is -0.134. The zero-order chi connectivity index (χ0) is 13.5. The van der Waals surface area contributed by atoms with Crippen LogP contribution in [0.15, 0.2) is 4.99 Å². The van der Waals surface area contributed by atoms with Gasteiger partial charge in [-0.25, -0.2) is 0 Å². The van der Waals surface area contributed by atoms with Gasteiger partial charge in [-0.15, -0.1) is 0 Å². The highest BCUT2D eigenvalue weighted by Crippen LogP contribution is 2.16. The van der Waals surface area contributed by atoms with Gasteiger partial charge in [0.1, 0.15) is 0 Å². The third-order valence-corrected chi connectivity index (χ3v) is 3.38. The maximum atomic E-state index is 12.0. The van der Waals surface area contributed by atoms with E-state index in [9.17, 15) is 4.79 Å². The second-order valence-electron chi connectivity index (χ2n) is 5.06. The summed E-state index contributed by atoms with van der Waals surface area (Å²) in [5, 5.41) is 0. The summed E-state index contributed by atoms with van der Waals surface area (Å²) in [6.07, 6.45) is 3.51. The van der Waals surface area contributed by atoms with Crippen molar-refractivity contribution < 1.29 is 4.79 Å². The zero-order valence-electron chi connectivity index (χ0n) is 11.1. The fourth-order valence-corrected chi connectivity index (χ4v) is 2.11. The highest BCUT2D eigenvalue weighted by Gasteiger charge is 2.24. The molecule has 18 heavy (non-hydrogen) atoms. The van der Waals surface area contributed by atoms with Crippen LogP contribution in [0.25, 0.3) is 0 Å². The molecule has 1 saturated heterocycles. The molecule has 0 unspecified atom stereocenters. The van der Waals surface area contributed by atoms with E-state index < -0.39 is 6.04 Å². The molecule has 0 saturated carbocycles. The zero-order valence-corrected chi connectivity index (χ0v) is 11.1. The lowest BCUT2D eigenvalue weighted by atomic mass is 9.98. The van der Waals surface area contributed by atoms with Crippen LogP contribution in [0.3, 0.4) is 0 Å². The largest absolute Gasteiger partial charge is 0.370 e.